The topological polar surface area (TPSA) is 78.4 Å². The van der Waals surface area contributed by atoms with Gasteiger partial charge < -0.3 is 10.4 Å². The zero-order valence-corrected chi connectivity index (χ0v) is 11.6. The number of hydrogen-bond acceptors (Lipinski definition) is 4. The second kappa shape index (κ2) is 6.15. The summed E-state index contributed by atoms with van der Waals surface area (Å²) in [5.74, 6) is -0.540. The quantitative estimate of drug-likeness (QED) is 0.685. The highest BCUT2D eigenvalue weighted by atomic mass is 16.3. The molecule has 1 aliphatic heterocycles. The zero-order chi connectivity index (χ0) is 14.6. The number of benzene rings is 1. The van der Waals surface area contributed by atoms with Crippen molar-refractivity contribution in [1.29, 1.82) is 0 Å². The van der Waals surface area contributed by atoms with Crippen LogP contribution in [0.4, 0.5) is 5.69 Å². The van der Waals surface area contributed by atoms with Crippen molar-refractivity contribution >= 4 is 17.4 Å². The van der Waals surface area contributed by atoms with Gasteiger partial charge in [-0.1, -0.05) is 31.9 Å². The van der Waals surface area contributed by atoms with E-state index in [1.54, 1.807) is 24.3 Å². The second-order valence-electron chi connectivity index (χ2n) is 4.99. The number of hydrogen-bond donors (Lipinski definition) is 3. The summed E-state index contributed by atoms with van der Waals surface area (Å²) in [6, 6.07) is 7.01. The molecule has 1 amide bonds. The molecule has 2 rings (SSSR count). The van der Waals surface area contributed by atoms with Crippen LogP contribution in [-0.4, -0.2) is 35.5 Å². The predicted octanol–water partition coefficient (Wildman–Crippen LogP) is 1.33. The van der Waals surface area contributed by atoms with Crippen LogP contribution in [0.15, 0.2) is 24.3 Å². The average molecular weight is 276 g/mol. The lowest BCUT2D eigenvalue weighted by molar-refractivity contribution is -0.121. The fourth-order valence-electron chi connectivity index (χ4n) is 2.54. The number of β-amino-alcohol motifs (C(OH)–C–C–N with tert-alkyl or cyclic N) is 1. The monoisotopic (exact) mass is 276 g/mol. The zero-order valence-electron chi connectivity index (χ0n) is 11.6. The highest BCUT2D eigenvalue weighted by Gasteiger charge is 2.48. The second-order valence-corrected chi connectivity index (χ2v) is 4.99. The highest BCUT2D eigenvalue weighted by molar-refractivity contribution is 6.27. The van der Waals surface area contributed by atoms with Gasteiger partial charge in [0.15, 0.2) is 11.3 Å². The average Bonchev–Trinajstić information content (AvgIpc) is 2.47. The van der Waals surface area contributed by atoms with Crippen molar-refractivity contribution in [3.8, 4) is 0 Å². The number of aliphatic hydroxyl groups excluding tert-OH is 1. The third-order valence-electron chi connectivity index (χ3n) is 3.64. The largest absolute Gasteiger partial charge is 0.395 e. The molecule has 1 aromatic carbocycles. The van der Waals surface area contributed by atoms with Crippen molar-refractivity contribution in [1.82, 2.24) is 5.32 Å². The Morgan fingerprint density at radius 3 is 2.75 bits per heavy atom. The molecule has 0 aromatic heterocycles. The van der Waals surface area contributed by atoms with Crippen molar-refractivity contribution in [3.63, 3.8) is 0 Å². The first-order chi connectivity index (χ1) is 9.65. The van der Waals surface area contributed by atoms with Gasteiger partial charge in [0, 0.05) is 12.1 Å². The van der Waals surface area contributed by atoms with Gasteiger partial charge in [-0.3, -0.25) is 14.9 Å². The van der Waals surface area contributed by atoms with E-state index in [-0.39, 0.29) is 24.8 Å². The van der Waals surface area contributed by atoms with E-state index in [4.69, 9.17) is 5.11 Å². The first-order valence-electron chi connectivity index (χ1n) is 6.97. The number of ketones is 1. The van der Waals surface area contributed by atoms with Crippen LogP contribution in [0, 0.1) is 0 Å². The lowest BCUT2D eigenvalue weighted by atomic mass is 9.80. The number of anilines is 1. The minimum Gasteiger partial charge on any atom is -0.395 e. The fraction of sp³-hybridized carbons (Fsp3) is 0.467. The van der Waals surface area contributed by atoms with E-state index >= 15 is 0 Å². The molecule has 1 aromatic rings. The van der Waals surface area contributed by atoms with Crippen LogP contribution in [0.3, 0.4) is 0 Å². The maximum absolute atomic E-state index is 12.8. The normalized spacial score (nSPS) is 21.5. The Balaban J connectivity index is 2.39. The molecule has 5 nitrogen and oxygen atoms in total. The van der Waals surface area contributed by atoms with Gasteiger partial charge in [0.25, 0.3) is 5.91 Å². The molecule has 20 heavy (non-hydrogen) atoms. The summed E-state index contributed by atoms with van der Waals surface area (Å²) in [6.45, 7) is 2.11. The van der Waals surface area contributed by atoms with E-state index in [0.29, 0.717) is 17.7 Å². The molecule has 0 aliphatic carbocycles. The van der Waals surface area contributed by atoms with Crippen LogP contribution in [-0.2, 0) is 4.79 Å². The Morgan fingerprint density at radius 1 is 1.30 bits per heavy atom. The van der Waals surface area contributed by atoms with Crippen LogP contribution < -0.4 is 10.6 Å². The summed E-state index contributed by atoms with van der Waals surface area (Å²) in [6.07, 6.45) is 2.09. The number of carbonyl (C=O) groups excluding carboxylic acids is 2. The summed E-state index contributed by atoms with van der Waals surface area (Å²) in [7, 11) is 0. The van der Waals surface area contributed by atoms with Crippen LogP contribution >= 0.6 is 0 Å². The molecular weight excluding hydrogens is 256 g/mol. The van der Waals surface area contributed by atoms with E-state index in [0.717, 1.165) is 12.8 Å². The molecule has 1 unspecified atom stereocenters. The molecule has 3 N–H and O–H groups in total. The third-order valence-corrected chi connectivity index (χ3v) is 3.64. The minimum atomic E-state index is -1.26. The van der Waals surface area contributed by atoms with Gasteiger partial charge in [0.05, 0.1) is 12.3 Å². The lowest BCUT2D eigenvalue weighted by Gasteiger charge is -2.36. The third kappa shape index (κ3) is 2.46. The minimum absolute atomic E-state index is 0.115. The molecule has 108 valence electrons. The standard InChI is InChI=1S/C15H20N2O3/c1-2-3-8-15(16-9-10-18)13(19)11-6-4-5-7-12(11)17-14(15)20/h4-7,16,18H,2-3,8-10H2,1H3,(H,17,20). The number of nitrogens with one attached hydrogen (secondary N) is 2. The molecule has 0 spiro atoms. The maximum Gasteiger partial charge on any atom is 0.252 e. The lowest BCUT2D eigenvalue weighted by Crippen LogP contribution is -2.63. The maximum atomic E-state index is 12.8. The summed E-state index contributed by atoms with van der Waals surface area (Å²) in [4.78, 5) is 25.2. The number of rotatable bonds is 6. The first-order valence-corrected chi connectivity index (χ1v) is 6.97. The van der Waals surface area contributed by atoms with Crippen LogP contribution in [0.2, 0.25) is 0 Å². The van der Waals surface area contributed by atoms with Crippen molar-refractivity contribution in [2.75, 3.05) is 18.5 Å². The Labute approximate surface area is 118 Å². The molecule has 1 heterocycles. The molecular formula is C15H20N2O3. The van der Waals surface area contributed by atoms with Crippen molar-refractivity contribution in [2.24, 2.45) is 0 Å². The number of unbranched alkanes of at least 4 members (excludes halogenated alkanes) is 1. The summed E-state index contributed by atoms with van der Waals surface area (Å²) >= 11 is 0. The summed E-state index contributed by atoms with van der Waals surface area (Å²) < 4.78 is 0. The van der Waals surface area contributed by atoms with Crippen LogP contribution in [0.25, 0.3) is 0 Å². The number of para-hydroxylation sites is 1. The molecule has 1 aliphatic rings. The van der Waals surface area contributed by atoms with E-state index in [2.05, 4.69) is 10.6 Å². The van der Waals surface area contributed by atoms with E-state index in [1.807, 2.05) is 6.92 Å². The van der Waals surface area contributed by atoms with Gasteiger partial charge in [-0.2, -0.15) is 0 Å². The van der Waals surface area contributed by atoms with E-state index in [1.165, 1.54) is 0 Å². The number of amides is 1. The Hall–Kier alpha value is -1.72. The van der Waals surface area contributed by atoms with Crippen LogP contribution in [0.1, 0.15) is 36.5 Å². The molecule has 5 heteroatoms. The van der Waals surface area contributed by atoms with Gasteiger partial charge in [0.2, 0.25) is 0 Å². The highest BCUT2D eigenvalue weighted by Crippen LogP contribution is 2.31. The summed E-state index contributed by atoms with van der Waals surface area (Å²) in [5.41, 5.74) is -0.179. The van der Waals surface area contributed by atoms with Crippen LogP contribution in [0.5, 0.6) is 0 Å². The molecule has 0 fully saturated rings. The SMILES string of the molecule is CCCCC1(NCCO)C(=O)Nc2ccccc2C1=O. The Bertz CT molecular complexity index is 506. The van der Waals surface area contributed by atoms with E-state index < -0.39 is 5.54 Å². The smallest absolute Gasteiger partial charge is 0.252 e. The molecule has 1 atom stereocenters. The van der Waals surface area contributed by atoms with Gasteiger partial charge in [0.1, 0.15) is 0 Å². The van der Waals surface area contributed by atoms with Crippen molar-refractivity contribution in [3.05, 3.63) is 29.8 Å². The first kappa shape index (κ1) is 14.7. The number of aliphatic hydroxyl groups is 1. The Morgan fingerprint density at radius 2 is 2.05 bits per heavy atom. The van der Waals surface area contributed by atoms with Crippen molar-refractivity contribution in [2.45, 2.75) is 31.7 Å². The van der Waals surface area contributed by atoms with Gasteiger partial charge in [-0.15, -0.1) is 0 Å². The number of Topliss-reactive ketones (excluding diaryl/α,β-unsaturated/α-hetero) is 1. The predicted molar refractivity (Wildman–Crippen MR) is 76.7 cm³/mol. The molecule has 0 saturated carbocycles. The van der Waals surface area contributed by atoms with Gasteiger partial charge in [-0.05, 0) is 18.6 Å². The molecule has 0 radical (unpaired) electrons. The Kier molecular flexibility index (Phi) is 4.52. The molecule has 0 bridgehead atoms. The number of fused-ring (bicyclic) bond motifs is 1. The number of carbonyl (C=O) groups is 2. The molecule has 0 saturated heterocycles. The van der Waals surface area contributed by atoms with Crippen molar-refractivity contribution < 1.29 is 14.7 Å². The van der Waals surface area contributed by atoms with E-state index in [9.17, 15) is 9.59 Å². The van der Waals surface area contributed by atoms with Gasteiger partial charge >= 0.3 is 0 Å². The fourth-order valence-corrected chi connectivity index (χ4v) is 2.54. The summed E-state index contributed by atoms with van der Waals surface area (Å²) in [5, 5.41) is 14.7. The van der Waals surface area contributed by atoms with Gasteiger partial charge in [-0.25, -0.2) is 0 Å².